The van der Waals surface area contributed by atoms with Crippen LogP contribution in [0.4, 0.5) is 18.9 Å². The van der Waals surface area contributed by atoms with Gasteiger partial charge in [0.15, 0.2) is 11.5 Å². The van der Waals surface area contributed by atoms with E-state index in [4.69, 9.17) is 4.52 Å². The number of nitrogens with zero attached hydrogens (tertiary/aromatic N) is 6. The molecule has 0 radical (unpaired) electrons. The number of carbonyl (C=O) groups is 1. The van der Waals surface area contributed by atoms with Gasteiger partial charge in [-0.25, -0.2) is 23.1 Å². The molecule has 4 aromatic heterocycles. The number of imidazole rings is 1. The van der Waals surface area contributed by atoms with Crippen LogP contribution in [0.1, 0.15) is 62.1 Å². The Hall–Kier alpha value is -4.61. The summed E-state index contributed by atoms with van der Waals surface area (Å²) in [5.74, 6) is -2.52. The molecule has 0 unspecified atom stereocenters. The Labute approximate surface area is 245 Å². The third kappa shape index (κ3) is 5.99. The zero-order valence-corrected chi connectivity index (χ0v) is 24.0. The summed E-state index contributed by atoms with van der Waals surface area (Å²) in [6.45, 7) is 6.27. The monoisotopic (exact) mass is 589 g/mol. The molecule has 43 heavy (non-hydrogen) atoms. The SMILES string of the molecule is CC(C)(C)c1nc(C(=O)CCc2ccc(-c3ccnc4nc(-c5ccc(N6CCC(F)(F)CC6)cn5)[nH]c34)cc2F)no1. The fourth-order valence-corrected chi connectivity index (χ4v) is 5.00. The number of nitrogens with one attached hydrogen (secondary N) is 1. The van der Waals surface area contributed by atoms with Gasteiger partial charge in [-0.2, -0.15) is 4.98 Å². The summed E-state index contributed by atoms with van der Waals surface area (Å²) in [5, 5.41) is 3.78. The summed E-state index contributed by atoms with van der Waals surface area (Å²) in [6, 6.07) is 10.3. The minimum Gasteiger partial charge on any atom is -0.370 e. The van der Waals surface area contributed by atoms with Crippen LogP contribution in [-0.4, -0.2) is 54.9 Å². The molecular weight excluding hydrogens is 559 g/mol. The molecule has 1 aliphatic rings. The number of aryl methyl sites for hydroxylation is 1. The lowest BCUT2D eigenvalue weighted by molar-refractivity contribution is -0.0220. The molecule has 1 fully saturated rings. The predicted octanol–water partition coefficient (Wildman–Crippen LogP) is 6.56. The van der Waals surface area contributed by atoms with Crippen LogP contribution in [-0.2, 0) is 11.8 Å². The number of piperidine rings is 1. The maximum absolute atomic E-state index is 15.2. The number of Topliss-reactive ketones (excluding diaryl/α,β-unsaturated/α-hetero) is 1. The summed E-state index contributed by atoms with van der Waals surface area (Å²) in [4.78, 5) is 35.3. The summed E-state index contributed by atoms with van der Waals surface area (Å²) >= 11 is 0. The van der Waals surface area contributed by atoms with Crippen LogP contribution in [0, 0.1) is 5.82 Å². The second-order valence-corrected chi connectivity index (χ2v) is 11.8. The fraction of sp³-hybridized carbons (Fsp3) is 0.355. The minimum atomic E-state index is -2.61. The highest BCUT2D eigenvalue weighted by Gasteiger charge is 2.34. The van der Waals surface area contributed by atoms with Gasteiger partial charge in [-0.05, 0) is 41.8 Å². The Bertz CT molecular complexity index is 1780. The molecule has 0 bridgehead atoms. The van der Waals surface area contributed by atoms with Crippen LogP contribution in [0.5, 0.6) is 0 Å². The van der Waals surface area contributed by atoms with E-state index in [1.807, 2.05) is 31.7 Å². The van der Waals surface area contributed by atoms with Crippen molar-refractivity contribution in [1.82, 2.24) is 30.1 Å². The van der Waals surface area contributed by atoms with Crippen molar-refractivity contribution in [1.29, 1.82) is 0 Å². The highest BCUT2D eigenvalue weighted by atomic mass is 19.3. The molecule has 5 heterocycles. The van der Waals surface area contributed by atoms with Crippen molar-refractivity contribution in [3.8, 4) is 22.6 Å². The average molecular weight is 590 g/mol. The Morgan fingerprint density at radius 3 is 2.53 bits per heavy atom. The molecule has 6 rings (SSSR count). The van der Waals surface area contributed by atoms with E-state index in [-0.39, 0.29) is 55.8 Å². The number of aromatic amines is 1. The van der Waals surface area contributed by atoms with E-state index in [1.54, 1.807) is 36.7 Å². The van der Waals surface area contributed by atoms with Crippen LogP contribution in [0.3, 0.4) is 0 Å². The van der Waals surface area contributed by atoms with Crippen LogP contribution >= 0.6 is 0 Å². The molecule has 0 saturated carbocycles. The largest absolute Gasteiger partial charge is 0.370 e. The highest BCUT2D eigenvalue weighted by molar-refractivity contribution is 5.93. The maximum atomic E-state index is 15.2. The molecule has 1 N–H and O–H groups in total. The number of H-pyrrole nitrogens is 1. The smallest absolute Gasteiger partial charge is 0.251 e. The number of hydrogen-bond acceptors (Lipinski definition) is 8. The van der Waals surface area contributed by atoms with E-state index >= 15 is 4.39 Å². The summed E-state index contributed by atoms with van der Waals surface area (Å²) < 4.78 is 47.4. The fourth-order valence-electron chi connectivity index (χ4n) is 5.00. The van der Waals surface area contributed by atoms with Gasteiger partial charge in [0.1, 0.15) is 11.5 Å². The number of anilines is 1. The van der Waals surface area contributed by atoms with Crippen molar-refractivity contribution in [3.05, 3.63) is 71.9 Å². The van der Waals surface area contributed by atoms with Gasteiger partial charge in [0.2, 0.25) is 17.5 Å². The number of alkyl halides is 2. The molecular formula is C31H30F3N7O2. The van der Waals surface area contributed by atoms with E-state index in [2.05, 4.69) is 30.1 Å². The molecule has 0 atom stereocenters. The highest BCUT2D eigenvalue weighted by Crippen LogP contribution is 2.32. The van der Waals surface area contributed by atoms with Crippen LogP contribution < -0.4 is 4.90 Å². The number of fused-ring (bicyclic) bond motifs is 1. The predicted molar refractivity (Wildman–Crippen MR) is 155 cm³/mol. The second kappa shape index (κ2) is 10.9. The molecule has 0 amide bonds. The molecule has 0 spiro atoms. The second-order valence-electron chi connectivity index (χ2n) is 11.8. The Morgan fingerprint density at radius 2 is 1.86 bits per heavy atom. The van der Waals surface area contributed by atoms with Gasteiger partial charge in [0.25, 0.3) is 5.92 Å². The number of rotatable bonds is 7. The number of halogens is 3. The van der Waals surface area contributed by atoms with Gasteiger partial charge in [0, 0.05) is 49.5 Å². The van der Waals surface area contributed by atoms with Crippen LogP contribution in [0.15, 0.2) is 53.3 Å². The van der Waals surface area contributed by atoms with Crippen LogP contribution in [0.2, 0.25) is 0 Å². The number of ketones is 1. The molecule has 1 aromatic carbocycles. The molecule has 222 valence electrons. The summed E-state index contributed by atoms with van der Waals surface area (Å²) in [7, 11) is 0. The molecule has 0 aliphatic carbocycles. The van der Waals surface area contributed by atoms with E-state index < -0.39 is 11.7 Å². The topological polar surface area (TPSA) is 114 Å². The zero-order valence-electron chi connectivity index (χ0n) is 24.0. The minimum absolute atomic E-state index is 0.00328. The molecule has 1 saturated heterocycles. The third-order valence-electron chi connectivity index (χ3n) is 7.55. The quantitative estimate of drug-likeness (QED) is 0.213. The lowest BCUT2D eigenvalue weighted by Crippen LogP contribution is -2.39. The van der Waals surface area contributed by atoms with E-state index in [0.29, 0.717) is 45.3 Å². The van der Waals surface area contributed by atoms with E-state index in [0.717, 1.165) is 5.69 Å². The van der Waals surface area contributed by atoms with Crippen molar-refractivity contribution in [3.63, 3.8) is 0 Å². The standard InChI is InChI=1S/C31H30F3N7O2/c1-30(2,3)29-39-27(40-43-29)24(42)9-6-18-4-5-19(16-22(18)32)21-10-13-35-28-25(21)37-26(38-28)23-8-7-20(17-36-23)41-14-11-31(33,34)12-15-41/h4-5,7-8,10,13,16-17H,6,9,11-12,14-15H2,1-3H3,(H,35,37,38). The first-order valence-corrected chi connectivity index (χ1v) is 14.1. The van der Waals surface area contributed by atoms with E-state index in [1.165, 1.54) is 6.07 Å². The lowest BCUT2D eigenvalue weighted by Gasteiger charge is -2.33. The maximum Gasteiger partial charge on any atom is 0.251 e. The zero-order chi connectivity index (χ0) is 30.4. The lowest BCUT2D eigenvalue weighted by atomic mass is 9.97. The Kier molecular flexibility index (Phi) is 7.23. The van der Waals surface area contributed by atoms with Gasteiger partial charge in [-0.15, -0.1) is 0 Å². The number of benzene rings is 1. The number of hydrogen-bond donors (Lipinski definition) is 1. The molecule has 12 heteroatoms. The van der Waals surface area contributed by atoms with Gasteiger partial charge < -0.3 is 14.4 Å². The number of carbonyl (C=O) groups excluding carboxylic acids is 1. The summed E-state index contributed by atoms with van der Waals surface area (Å²) in [5.41, 5.74) is 3.76. The van der Waals surface area contributed by atoms with Gasteiger partial charge in [-0.3, -0.25) is 9.78 Å². The van der Waals surface area contributed by atoms with Gasteiger partial charge in [0.05, 0.1) is 17.4 Å². The van der Waals surface area contributed by atoms with E-state index in [9.17, 15) is 13.6 Å². The third-order valence-corrected chi connectivity index (χ3v) is 7.55. The van der Waals surface area contributed by atoms with Gasteiger partial charge in [-0.1, -0.05) is 38.1 Å². The van der Waals surface area contributed by atoms with Crippen molar-refractivity contribution < 1.29 is 22.5 Å². The van der Waals surface area contributed by atoms with Gasteiger partial charge >= 0.3 is 0 Å². The van der Waals surface area contributed by atoms with Crippen molar-refractivity contribution in [2.75, 3.05) is 18.0 Å². The number of pyridine rings is 2. The number of aromatic nitrogens is 6. The molecule has 1 aliphatic heterocycles. The van der Waals surface area contributed by atoms with Crippen molar-refractivity contribution >= 4 is 22.6 Å². The first-order chi connectivity index (χ1) is 20.5. The molecule has 5 aromatic rings. The Morgan fingerprint density at radius 1 is 1.07 bits per heavy atom. The van der Waals surface area contributed by atoms with Crippen LogP contribution in [0.25, 0.3) is 33.8 Å². The molecule has 9 nitrogen and oxygen atoms in total. The first kappa shape index (κ1) is 28.5. The van der Waals surface area contributed by atoms with Crippen molar-refractivity contribution in [2.24, 2.45) is 0 Å². The average Bonchev–Trinajstić information content (AvgIpc) is 3.65. The first-order valence-electron chi connectivity index (χ1n) is 14.1. The van der Waals surface area contributed by atoms with Crippen molar-refractivity contribution in [2.45, 2.75) is 57.8 Å². The normalized spacial score (nSPS) is 15.3. The Balaban J connectivity index is 1.17. The summed E-state index contributed by atoms with van der Waals surface area (Å²) in [6.07, 6.45) is 3.13.